The zero-order valence-corrected chi connectivity index (χ0v) is 9.65. The second-order valence-corrected chi connectivity index (χ2v) is 3.38. The number of hydrogen-bond donors (Lipinski definition) is 2. The molecule has 0 atom stereocenters. The highest BCUT2D eigenvalue weighted by molar-refractivity contribution is 6.05. The molecule has 1 heterocycles. The summed E-state index contributed by atoms with van der Waals surface area (Å²) < 4.78 is 5.07. The van der Waals surface area contributed by atoms with Gasteiger partial charge in [-0.3, -0.25) is 4.79 Å². The number of ether oxygens (including phenoxy) is 1. The Labute approximate surface area is 94.5 Å². The summed E-state index contributed by atoms with van der Waals surface area (Å²) in [6, 6.07) is 5.11. The van der Waals surface area contributed by atoms with Crippen LogP contribution in [-0.4, -0.2) is 28.4 Å². The number of benzene rings is 1. The Morgan fingerprint density at radius 1 is 1.31 bits per heavy atom. The molecular weight excluding hydrogens is 208 g/mol. The van der Waals surface area contributed by atoms with E-state index in [0.29, 0.717) is 11.3 Å². The minimum atomic E-state index is -2.39. The van der Waals surface area contributed by atoms with Gasteiger partial charge in [0, 0.05) is 0 Å². The van der Waals surface area contributed by atoms with Crippen molar-refractivity contribution >= 4 is 5.78 Å². The standard InChI is InChI=1S/C10H10O4.C2H6/c1-6-3-2-4-7-8(6)9(11)10(12,13)5-14-7;1-2/h2-4,12-13H,5H2,1H3;1-2H3. The van der Waals surface area contributed by atoms with Crippen molar-refractivity contribution in [1.29, 1.82) is 0 Å². The molecule has 1 aliphatic rings. The molecule has 88 valence electrons. The van der Waals surface area contributed by atoms with E-state index >= 15 is 0 Å². The molecule has 0 saturated carbocycles. The van der Waals surface area contributed by atoms with Crippen molar-refractivity contribution in [2.45, 2.75) is 26.6 Å². The van der Waals surface area contributed by atoms with Gasteiger partial charge in [0.25, 0.3) is 5.79 Å². The molecular formula is C12H16O4. The van der Waals surface area contributed by atoms with Gasteiger partial charge in [0.2, 0.25) is 5.78 Å². The van der Waals surface area contributed by atoms with E-state index in [2.05, 4.69) is 0 Å². The molecule has 0 saturated heterocycles. The Morgan fingerprint density at radius 3 is 2.56 bits per heavy atom. The van der Waals surface area contributed by atoms with Gasteiger partial charge in [-0.1, -0.05) is 26.0 Å². The molecule has 0 aromatic heterocycles. The van der Waals surface area contributed by atoms with Crippen molar-refractivity contribution in [2.24, 2.45) is 0 Å². The molecule has 2 N–H and O–H groups in total. The van der Waals surface area contributed by atoms with Gasteiger partial charge in [0.15, 0.2) is 0 Å². The van der Waals surface area contributed by atoms with Crippen LogP contribution in [0.15, 0.2) is 18.2 Å². The molecule has 16 heavy (non-hydrogen) atoms. The summed E-state index contributed by atoms with van der Waals surface area (Å²) in [6.45, 7) is 5.31. The zero-order chi connectivity index (χ0) is 12.3. The summed E-state index contributed by atoms with van der Waals surface area (Å²) in [5, 5.41) is 18.6. The van der Waals surface area contributed by atoms with E-state index in [1.54, 1.807) is 25.1 Å². The van der Waals surface area contributed by atoms with Crippen LogP contribution in [-0.2, 0) is 0 Å². The quantitative estimate of drug-likeness (QED) is 0.651. The van der Waals surface area contributed by atoms with Crippen molar-refractivity contribution in [3.8, 4) is 5.75 Å². The van der Waals surface area contributed by atoms with Crippen LogP contribution >= 0.6 is 0 Å². The van der Waals surface area contributed by atoms with Crippen molar-refractivity contribution < 1.29 is 19.7 Å². The summed E-state index contributed by atoms with van der Waals surface area (Å²) in [6.07, 6.45) is 0. The van der Waals surface area contributed by atoms with Gasteiger partial charge in [-0.2, -0.15) is 0 Å². The maximum Gasteiger partial charge on any atom is 0.264 e. The van der Waals surface area contributed by atoms with Gasteiger partial charge in [-0.05, 0) is 18.6 Å². The monoisotopic (exact) mass is 224 g/mol. The SMILES string of the molecule is CC.Cc1cccc2c1C(=O)C(O)(O)CO2. The molecule has 0 fully saturated rings. The Bertz CT molecular complexity index is 396. The molecule has 4 nitrogen and oxygen atoms in total. The van der Waals surface area contributed by atoms with E-state index in [1.165, 1.54) is 0 Å². The first-order valence-electron chi connectivity index (χ1n) is 5.24. The molecule has 1 aromatic carbocycles. The third kappa shape index (κ3) is 2.08. The molecule has 0 spiro atoms. The zero-order valence-electron chi connectivity index (χ0n) is 9.65. The van der Waals surface area contributed by atoms with Crippen LogP contribution in [0.4, 0.5) is 0 Å². The highest BCUT2D eigenvalue weighted by Gasteiger charge is 2.41. The fraction of sp³-hybridized carbons (Fsp3) is 0.417. The molecule has 0 aliphatic carbocycles. The minimum absolute atomic E-state index is 0.253. The molecule has 2 rings (SSSR count). The lowest BCUT2D eigenvalue weighted by Crippen LogP contribution is -2.47. The first-order chi connectivity index (χ1) is 7.52. The molecule has 1 aromatic rings. The van der Waals surface area contributed by atoms with Gasteiger partial charge in [-0.15, -0.1) is 0 Å². The summed E-state index contributed by atoms with van der Waals surface area (Å²) in [5.74, 6) is -2.68. The van der Waals surface area contributed by atoms with Crippen molar-refractivity contribution in [3.05, 3.63) is 29.3 Å². The number of hydrogen-bond acceptors (Lipinski definition) is 4. The molecule has 0 amide bonds. The Kier molecular flexibility index (Phi) is 3.67. The first kappa shape index (κ1) is 12.7. The van der Waals surface area contributed by atoms with E-state index in [9.17, 15) is 15.0 Å². The number of ketones is 1. The fourth-order valence-electron chi connectivity index (χ4n) is 1.50. The number of fused-ring (bicyclic) bond motifs is 1. The van der Waals surface area contributed by atoms with E-state index in [-0.39, 0.29) is 5.56 Å². The maximum atomic E-state index is 11.6. The van der Waals surface area contributed by atoms with Crippen LogP contribution in [0.3, 0.4) is 0 Å². The largest absolute Gasteiger partial charge is 0.487 e. The Balaban J connectivity index is 0.000000606. The van der Waals surface area contributed by atoms with Crippen LogP contribution in [0, 0.1) is 6.92 Å². The number of Topliss-reactive ketones (excluding diaryl/α,β-unsaturated/α-hetero) is 1. The van der Waals surface area contributed by atoms with Crippen LogP contribution in [0.5, 0.6) is 5.75 Å². The topological polar surface area (TPSA) is 66.8 Å². The highest BCUT2D eigenvalue weighted by atomic mass is 16.6. The van der Waals surface area contributed by atoms with E-state index in [0.717, 1.165) is 0 Å². The number of aryl methyl sites for hydroxylation is 1. The molecule has 1 aliphatic heterocycles. The second-order valence-electron chi connectivity index (χ2n) is 3.38. The van der Waals surface area contributed by atoms with Crippen molar-refractivity contribution in [1.82, 2.24) is 0 Å². The average molecular weight is 224 g/mol. The lowest BCUT2D eigenvalue weighted by Gasteiger charge is -2.27. The van der Waals surface area contributed by atoms with Crippen LogP contribution in [0.25, 0.3) is 0 Å². The Morgan fingerprint density at radius 2 is 1.94 bits per heavy atom. The van der Waals surface area contributed by atoms with Crippen LogP contribution in [0.1, 0.15) is 29.8 Å². The smallest absolute Gasteiger partial charge is 0.264 e. The molecule has 0 unspecified atom stereocenters. The fourth-order valence-corrected chi connectivity index (χ4v) is 1.50. The van der Waals surface area contributed by atoms with Gasteiger partial charge >= 0.3 is 0 Å². The summed E-state index contributed by atoms with van der Waals surface area (Å²) in [4.78, 5) is 11.6. The van der Waals surface area contributed by atoms with Crippen molar-refractivity contribution in [2.75, 3.05) is 6.61 Å². The lowest BCUT2D eigenvalue weighted by atomic mass is 9.96. The molecule has 4 heteroatoms. The minimum Gasteiger partial charge on any atom is -0.487 e. The van der Waals surface area contributed by atoms with Crippen LogP contribution in [0.2, 0.25) is 0 Å². The molecule has 0 radical (unpaired) electrons. The van der Waals surface area contributed by atoms with E-state index in [4.69, 9.17) is 4.74 Å². The first-order valence-corrected chi connectivity index (χ1v) is 5.24. The van der Waals surface area contributed by atoms with E-state index in [1.807, 2.05) is 13.8 Å². The third-order valence-electron chi connectivity index (χ3n) is 2.25. The number of aliphatic hydroxyl groups is 2. The molecule has 0 bridgehead atoms. The average Bonchev–Trinajstić information content (AvgIpc) is 2.27. The normalized spacial score (nSPS) is 16.7. The van der Waals surface area contributed by atoms with Gasteiger partial charge in [-0.25, -0.2) is 0 Å². The maximum absolute atomic E-state index is 11.6. The summed E-state index contributed by atoms with van der Waals surface area (Å²) in [7, 11) is 0. The third-order valence-corrected chi connectivity index (χ3v) is 2.25. The van der Waals surface area contributed by atoms with Gasteiger partial charge in [0.05, 0.1) is 5.56 Å². The number of rotatable bonds is 0. The summed E-state index contributed by atoms with van der Waals surface area (Å²) in [5.41, 5.74) is 0.934. The van der Waals surface area contributed by atoms with E-state index < -0.39 is 18.2 Å². The summed E-state index contributed by atoms with van der Waals surface area (Å²) >= 11 is 0. The number of carbonyl (C=O) groups excluding carboxylic acids is 1. The predicted molar refractivity (Wildman–Crippen MR) is 59.5 cm³/mol. The van der Waals surface area contributed by atoms with Crippen molar-refractivity contribution in [3.63, 3.8) is 0 Å². The predicted octanol–water partition coefficient (Wildman–Crippen LogP) is 1.28. The lowest BCUT2D eigenvalue weighted by molar-refractivity contribution is -0.146. The Hall–Kier alpha value is -1.39. The number of carbonyl (C=O) groups is 1. The van der Waals surface area contributed by atoms with Gasteiger partial charge in [0.1, 0.15) is 12.4 Å². The van der Waals surface area contributed by atoms with Gasteiger partial charge < -0.3 is 14.9 Å². The highest BCUT2D eigenvalue weighted by Crippen LogP contribution is 2.30. The second kappa shape index (κ2) is 4.63. The van der Waals surface area contributed by atoms with Crippen LogP contribution < -0.4 is 4.74 Å².